The van der Waals surface area contributed by atoms with Crippen molar-refractivity contribution in [3.8, 4) is 6.07 Å². The molecule has 0 bridgehead atoms. The molecule has 0 aliphatic heterocycles. The highest BCUT2D eigenvalue weighted by Gasteiger charge is 2.38. The van der Waals surface area contributed by atoms with Gasteiger partial charge in [-0.3, -0.25) is 0 Å². The van der Waals surface area contributed by atoms with Crippen molar-refractivity contribution in [1.82, 2.24) is 0 Å². The van der Waals surface area contributed by atoms with E-state index in [1.807, 2.05) is 0 Å². The summed E-state index contributed by atoms with van der Waals surface area (Å²) >= 11 is 0. The molecule has 0 heterocycles. The third-order valence-electron chi connectivity index (χ3n) is 2.32. The van der Waals surface area contributed by atoms with E-state index in [0.29, 0.717) is 6.07 Å². The molecule has 1 aromatic carbocycles. The summed E-state index contributed by atoms with van der Waals surface area (Å²) in [6.45, 7) is 1.16. The zero-order chi connectivity index (χ0) is 15.5. The summed E-state index contributed by atoms with van der Waals surface area (Å²) < 4.78 is 68.0. The molecule has 8 heteroatoms. The fourth-order valence-electron chi connectivity index (χ4n) is 1.53. The molecule has 0 spiro atoms. The third-order valence-corrected chi connectivity index (χ3v) is 2.32. The van der Waals surface area contributed by atoms with Gasteiger partial charge in [-0.25, -0.2) is 13.6 Å². The van der Waals surface area contributed by atoms with E-state index in [0.717, 1.165) is 0 Å². The van der Waals surface area contributed by atoms with Gasteiger partial charge in [0.25, 0.3) is 6.43 Å². The van der Waals surface area contributed by atoms with Crippen LogP contribution in [0.5, 0.6) is 0 Å². The predicted octanol–water partition coefficient (Wildman–Crippen LogP) is 3.69. The number of rotatable bonds is 3. The van der Waals surface area contributed by atoms with Crippen molar-refractivity contribution >= 4 is 5.97 Å². The Bertz CT molecular complexity index is 560. The minimum absolute atomic E-state index is 0.151. The van der Waals surface area contributed by atoms with Crippen LogP contribution in [0.25, 0.3) is 0 Å². The molecular weight excluding hydrogens is 285 g/mol. The van der Waals surface area contributed by atoms with Crippen LogP contribution in [0.1, 0.15) is 40.4 Å². The Morgan fingerprint density at radius 1 is 1.40 bits per heavy atom. The molecule has 0 aromatic heterocycles. The molecule has 0 aliphatic rings. The van der Waals surface area contributed by atoms with E-state index in [2.05, 4.69) is 4.74 Å². The molecule has 0 aliphatic carbocycles. The summed E-state index contributed by atoms with van der Waals surface area (Å²) in [6.07, 6.45) is -8.25. The molecule has 0 amide bonds. The van der Waals surface area contributed by atoms with Crippen molar-refractivity contribution < 1.29 is 31.5 Å². The molecular formula is C12H8F5NO2. The van der Waals surface area contributed by atoms with Gasteiger partial charge in [0.2, 0.25) is 0 Å². The minimum Gasteiger partial charge on any atom is -0.462 e. The Morgan fingerprint density at radius 2 is 2.00 bits per heavy atom. The summed E-state index contributed by atoms with van der Waals surface area (Å²) in [6, 6.07) is 2.01. The number of nitrogens with zero attached hydrogens (tertiary/aromatic N) is 1. The van der Waals surface area contributed by atoms with Crippen LogP contribution in [0.2, 0.25) is 0 Å². The average molecular weight is 293 g/mol. The number of halogens is 5. The average Bonchev–Trinajstić information content (AvgIpc) is 2.36. The Labute approximate surface area is 110 Å². The van der Waals surface area contributed by atoms with Crippen molar-refractivity contribution in [1.29, 1.82) is 5.26 Å². The van der Waals surface area contributed by atoms with E-state index in [1.54, 1.807) is 0 Å². The predicted molar refractivity (Wildman–Crippen MR) is 57.1 cm³/mol. The number of hydrogen-bond acceptors (Lipinski definition) is 3. The number of ether oxygens (including phenoxy) is 1. The second-order valence-corrected chi connectivity index (χ2v) is 3.62. The van der Waals surface area contributed by atoms with Gasteiger partial charge in [0, 0.05) is 5.56 Å². The highest BCUT2D eigenvalue weighted by atomic mass is 19.4. The van der Waals surface area contributed by atoms with Crippen LogP contribution in [0.15, 0.2) is 12.1 Å². The van der Waals surface area contributed by atoms with Crippen LogP contribution < -0.4 is 0 Å². The first-order valence-corrected chi connectivity index (χ1v) is 5.32. The molecule has 108 valence electrons. The van der Waals surface area contributed by atoms with Gasteiger partial charge in [-0.05, 0) is 19.1 Å². The molecule has 0 saturated carbocycles. The van der Waals surface area contributed by atoms with Gasteiger partial charge in [-0.2, -0.15) is 18.4 Å². The number of hydrogen-bond donors (Lipinski definition) is 0. The molecule has 0 atom stereocenters. The lowest BCUT2D eigenvalue weighted by atomic mass is 9.97. The van der Waals surface area contributed by atoms with E-state index in [1.165, 1.54) is 13.0 Å². The Hall–Kier alpha value is -2.17. The monoisotopic (exact) mass is 293 g/mol. The third kappa shape index (κ3) is 3.23. The maximum atomic E-state index is 12.8. The zero-order valence-corrected chi connectivity index (χ0v) is 10.1. The van der Waals surface area contributed by atoms with E-state index in [9.17, 15) is 26.7 Å². The number of alkyl halides is 5. The quantitative estimate of drug-likeness (QED) is 0.631. The lowest BCUT2D eigenvalue weighted by Crippen LogP contribution is -2.18. The first kappa shape index (κ1) is 15.9. The highest BCUT2D eigenvalue weighted by Crippen LogP contribution is 2.36. The molecule has 0 unspecified atom stereocenters. The standard InChI is InChI=1S/C12H8F5NO2/c1-2-20-11(19)9-7(5-18)3-6(10(13)14)4-8(9)12(15,16)17/h3-4,10H,2H2,1H3. The highest BCUT2D eigenvalue weighted by molar-refractivity contribution is 5.94. The maximum Gasteiger partial charge on any atom is 0.417 e. The second kappa shape index (κ2) is 5.86. The van der Waals surface area contributed by atoms with Gasteiger partial charge in [-0.1, -0.05) is 0 Å². The summed E-state index contributed by atoms with van der Waals surface area (Å²) in [5, 5.41) is 8.76. The van der Waals surface area contributed by atoms with Crippen molar-refractivity contribution in [2.75, 3.05) is 6.61 Å². The Balaban J connectivity index is 3.62. The van der Waals surface area contributed by atoms with Crippen molar-refractivity contribution in [3.05, 3.63) is 34.4 Å². The molecule has 0 saturated heterocycles. The molecule has 0 radical (unpaired) electrons. The minimum atomic E-state index is -5.06. The van der Waals surface area contributed by atoms with Crippen molar-refractivity contribution in [2.24, 2.45) is 0 Å². The molecule has 1 rings (SSSR count). The van der Waals surface area contributed by atoms with Gasteiger partial charge in [-0.15, -0.1) is 0 Å². The van der Waals surface area contributed by atoms with Crippen LogP contribution in [0.4, 0.5) is 22.0 Å². The fourth-order valence-corrected chi connectivity index (χ4v) is 1.53. The molecule has 20 heavy (non-hydrogen) atoms. The van der Waals surface area contributed by atoms with E-state index >= 15 is 0 Å². The normalized spacial score (nSPS) is 11.3. The van der Waals surface area contributed by atoms with Crippen LogP contribution >= 0.6 is 0 Å². The van der Waals surface area contributed by atoms with Gasteiger partial charge in [0.1, 0.15) is 6.07 Å². The molecule has 0 N–H and O–H groups in total. The summed E-state index contributed by atoms with van der Waals surface area (Å²) in [7, 11) is 0. The van der Waals surface area contributed by atoms with Crippen molar-refractivity contribution in [2.45, 2.75) is 19.5 Å². The number of esters is 1. The summed E-state index contributed by atoms with van der Waals surface area (Å²) in [5.74, 6) is -1.38. The maximum absolute atomic E-state index is 12.8. The number of benzene rings is 1. The van der Waals surface area contributed by atoms with Crippen LogP contribution in [0, 0.1) is 11.3 Å². The van der Waals surface area contributed by atoms with Gasteiger partial charge in [0.05, 0.1) is 23.3 Å². The lowest BCUT2D eigenvalue weighted by Gasteiger charge is -2.15. The van der Waals surface area contributed by atoms with E-state index in [-0.39, 0.29) is 12.7 Å². The SMILES string of the molecule is CCOC(=O)c1c(C#N)cc(C(F)F)cc1C(F)(F)F. The smallest absolute Gasteiger partial charge is 0.417 e. The number of carbonyl (C=O) groups excluding carboxylic acids is 1. The van der Waals surface area contributed by atoms with E-state index < -0.39 is 40.8 Å². The first-order valence-electron chi connectivity index (χ1n) is 5.32. The van der Waals surface area contributed by atoms with Gasteiger partial charge >= 0.3 is 12.1 Å². The van der Waals surface area contributed by atoms with Crippen LogP contribution in [-0.4, -0.2) is 12.6 Å². The lowest BCUT2D eigenvalue weighted by molar-refractivity contribution is -0.138. The van der Waals surface area contributed by atoms with Gasteiger partial charge < -0.3 is 4.74 Å². The second-order valence-electron chi connectivity index (χ2n) is 3.62. The number of carbonyl (C=O) groups is 1. The summed E-state index contributed by atoms with van der Waals surface area (Å²) in [4.78, 5) is 11.5. The number of nitriles is 1. The van der Waals surface area contributed by atoms with Crippen LogP contribution in [-0.2, 0) is 10.9 Å². The molecule has 3 nitrogen and oxygen atoms in total. The largest absolute Gasteiger partial charge is 0.462 e. The van der Waals surface area contributed by atoms with Gasteiger partial charge in [0.15, 0.2) is 0 Å². The molecule has 1 aromatic rings. The Morgan fingerprint density at radius 3 is 2.40 bits per heavy atom. The first-order chi connectivity index (χ1) is 9.22. The van der Waals surface area contributed by atoms with Crippen molar-refractivity contribution in [3.63, 3.8) is 0 Å². The Kier molecular flexibility index (Phi) is 4.65. The zero-order valence-electron chi connectivity index (χ0n) is 10.1. The summed E-state index contributed by atoms with van der Waals surface area (Å²) in [5.41, 5.74) is -4.44. The topological polar surface area (TPSA) is 50.1 Å². The molecule has 0 fully saturated rings. The van der Waals surface area contributed by atoms with Crippen LogP contribution in [0.3, 0.4) is 0 Å². The fraction of sp³-hybridized carbons (Fsp3) is 0.333. The van der Waals surface area contributed by atoms with E-state index in [4.69, 9.17) is 5.26 Å².